The standard InChI is InChI=1S/C18H21Cl2NO/c1-18(2,3)13-4-7-15(8-5-13)22-11-10-21-14-6-9-16(19)17(20)12-14/h4-9,12,21H,10-11H2,1-3H3. The summed E-state index contributed by atoms with van der Waals surface area (Å²) in [5, 5.41) is 4.35. The molecule has 2 nitrogen and oxygen atoms in total. The lowest BCUT2D eigenvalue weighted by molar-refractivity contribution is 0.332. The molecule has 0 aliphatic rings. The Bertz CT molecular complexity index is 618. The van der Waals surface area contributed by atoms with E-state index in [1.807, 2.05) is 24.3 Å². The van der Waals surface area contributed by atoms with E-state index < -0.39 is 0 Å². The summed E-state index contributed by atoms with van der Waals surface area (Å²) >= 11 is 11.9. The van der Waals surface area contributed by atoms with Crippen molar-refractivity contribution in [2.24, 2.45) is 0 Å². The lowest BCUT2D eigenvalue weighted by atomic mass is 9.87. The van der Waals surface area contributed by atoms with E-state index in [1.165, 1.54) is 5.56 Å². The van der Waals surface area contributed by atoms with Gasteiger partial charge in [0.15, 0.2) is 0 Å². The highest BCUT2D eigenvalue weighted by atomic mass is 35.5. The van der Waals surface area contributed by atoms with Crippen LogP contribution in [0.25, 0.3) is 0 Å². The fraction of sp³-hybridized carbons (Fsp3) is 0.333. The van der Waals surface area contributed by atoms with Gasteiger partial charge in [-0.1, -0.05) is 56.1 Å². The van der Waals surface area contributed by atoms with Crippen LogP contribution < -0.4 is 10.1 Å². The first-order chi connectivity index (χ1) is 10.4. The Labute approximate surface area is 142 Å². The lowest BCUT2D eigenvalue weighted by Crippen LogP contribution is -2.12. The summed E-state index contributed by atoms with van der Waals surface area (Å²) in [7, 11) is 0. The molecule has 118 valence electrons. The molecule has 2 aromatic carbocycles. The Kier molecular flexibility index (Phi) is 5.60. The maximum atomic E-state index is 5.97. The van der Waals surface area contributed by atoms with Crippen LogP contribution in [0.15, 0.2) is 42.5 Å². The van der Waals surface area contributed by atoms with E-state index in [9.17, 15) is 0 Å². The van der Waals surface area contributed by atoms with Crippen LogP contribution >= 0.6 is 23.2 Å². The topological polar surface area (TPSA) is 21.3 Å². The molecule has 22 heavy (non-hydrogen) atoms. The molecule has 0 saturated heterocycles. The monoisotopic (exact) mass is 337 g/mol. The van der Waals surface area contributed by atoms with Gasteiger partial charge in [0.25, 0.3) is 0 Å². The fourth-order valence-corrected chi connectivity index (χ4v) is 2.32. The number of anilines is 1. The third kappa shape index (κ3) is 4.82. The van der Waals surface area contributed by atoms with Gasteiger partial charge >= 0.3 is 0 Å². The summed E-state index contributed by atoms with van der Waals surface area (Å²) in [4.78, 5) is 0. The average molecular weight is 338 g/mol. The largest absolute Gasteiger partial charge is 0.492 e. The van der Waals surface area contributed by atoms with Crippen LogP contribution in [0.2, 0.25) is 10.0 Å². The summed E-state index contributed by atoms with van der Waals surface area (Å²) in [6, 6.07) is 13.7. The van der Waals surface area contributed by atoms with E-state index in [0.29, 0.717) is 23.2 Å². The van der Waals surface area contributed by atoms with E-state index in [1.54, 1.807) is 6.07 Å². The number of ether oxygens (including phenoxy) is 1. The SMILES string of the molecule is CC(C)(C)c1ccc(OCCNc2ccc(Cl)c(Cl)c2)cc1. The van der Waals surface area contributed by atoms with Crippen molar-refractivity contribution in [1.82, 2.24) is 0 Å². The van der Waals surface area contributed by atoms with Gasteiger partial charge in [-0.25, -0.2) is 0 Å². The van der Waals surface area contributed by atoms with Crippen molar-refractivity contribution in [2.45, 2.75) is 26.2 Å². The number of benzene rings is 2. The van der Waals surface area contributed by atoms with Crippen molar-refractivity contribution in [1.29, 1.82) is 0 Å². The molecule has 2 rings (SSSR count). The van der Waals surface area contributed by atoms with Gasteiger partial charge in [0.05, 0.1) is 10.0 Å². The van der Waals surface area contributed by atoms with Crippen molar-refractivity contribution in [3.63, 3.8) is 0 Å². The first-order valence-corrected chi connectivity index (χ1v) is 8.04. The Morgan fingerprint density at radius 2 is 1.64 bits per heavy atom. The molecule has 0 atom stereocenters. The minimum atomic E-state index is 0.161. The molecule has 0 aliphatic heterocycles. The van der Waals surface area contributed by atoms with Crippen molar-refractivity contribution < 1.29 is 4.74 Å². The highest BCUT2D eigenvalue weighted by Gasteiger charge is 2.12. The second-order valence-corrected chi connectivity index (χ2v) is 6.99. The van der Waals surface area contributed by atoms with Gasteiger partial charge in [-0.3, -0.25) is 0 Å². The van der Waals surface area contributed by atoms with Crippen molar-refractivity contribution in [3.05, 3.63) is 58.1 Å². The molecule has 0 bridgehead atoms. The Balaban J connectivity index is 1.80. The van der Waals surface area contributed by atoms with Crippen molar-refractivity contribution in [3.8, 4) is 5.75 Å². The first kappa shape index (κ1) is 17.0. The number of rotatable bonds is 5. The first-order valence-electron chi connectivity index (χ1n) is 7.28. The summed E-state index contributed by atoms with van der Waals surface area (Å²) < 4.78 is 5.73. The molecular weight excluding hydrogens is 317 g/mol. The summed E-state index contributed by atoms with van der Waals surface area (Å²) in [6.07, 6.45) is 0. The van der Waals surface area contributed by atoms with Crippen LogP contribution in [0.3, 0.4) is 0 Å². The van der Waals surface area contributed by atoms with Gasteiger partial charge in [0.2, 0.25) is 0 Å². The van der Waals surface area contributed by atoms with Gasteiger partial charge in [-0.2, -0.15) is 0 Å². The Morgan fingerprint density at radius 1 is 0.955 bits per heavy atom. The van der Waals surface area contributed by atoms with Crippen LogP contribution in [0.4, 0.5) is 5.69 Å². The number of hydrogen-bond acceptors (Lipinski definition) is 2. The molecule has 0 amide bonds. The van der Waals surface area contributed by atoms with Gasteiger partial charge in [0, 0.05) is 12.2 Å². The zero-order valence-electron chi connectivity index (χ0n) is 13.1. The maximum absolute atomic E-state index is 5.97. The fourth-order valence-electron chi connectivity index (χ4n) is 2.02. The maximum Gasteiger partial charge on any atom is 0.119 e. The molecule has 0 saturated carbocycles. The minimum Gasteiger partial charge on any atom is -0.492 e. The van der Waals surface area contributed by atoms with Crippen LogP contribution in [0.1, 0.15) is 26.3 Å². The second kappa shape index (κ2) is 7.26. The summed E-state index contributed by atoms with van der Waals surface area (Å²) in [5.74, 6) is 0.879. The molecule has 0 spiro atoms. The van der Waals surface area contributed by atoms with Crippen LogP contribution in [0, 0.1) is 0 Å². The smallest absolute Gasteiger partial charge is 0.119 e. The van der Waals surface area contributed by atoms with Gasteiger partial charge < -0.3 is 10.1 Å². The third-order valence-electron chi connectivity index (χ3n) is 3.34. The highest BCUT2D eigenvalue weighted by Crippen LogP contribution is 2.25. The highest BCUT2D eigenvalue weighted by molar-refractivity contribution is 6.42. The number of nitrogens with one attached hydrogen (secondary N) is 1. The molecule has 1 N–H and O–H groups in total. The summed E-state index contributed by atoms with van der Waals surface area (Å²) in [6.45, 7) is 7.87. The molecule has 0 unspecified atom stereocenters. The molecule has 0 aliphatic carbocycles. The van der Waals surface area contributed by atoms with Crippen LogP contribution in [0.5, 0.6) is 5.75 Å². The molecule has 0 aromatic heterocycles. The van der Waals surface area contributed by atoms with Crippen molar-refractivity contribution in [2.75, 3.05) is 18.5 Å². The third-order valence-corrected chi connectivity index (χ3v) is 4.08. The second-order valence-electron chi connectivity index (χ2n) is 6.18. The van der Waals surface area contributed by atoms with Crippen LogP contribution in [-0.4, -0.2) is 13.2 Å². The molecule has 0 radical (unpaired) electrons. The average Bonchev–Trinajstić information content (AvgIpc) is 2.47. The number of halogens is 2. The van der Waals surface area contributed by atoms with Crippen LogP contribution in [-0.2, 0) is 5.41 Å². The van der Waals surface area contributed by atoms with E-state index in [2.05, 4.69) is 38.2 Å². The minimum absolute atomic E-state index is 0.161. The van der Waals surface area contributed by atoms with Gasteiger partial charge in [-0.15, -0.1) is 0 Å². The van der Waals surface area contributed by atoms with E-state index >= 15 is 0 Å². The van der Waals surface area contributed by atoms with E-state index in [-0.39, 0.29) is 5.41 Å². The quantitative estimate of drug-likeness (QED) is 0.698. The van der Waals surface area contributed by atoms with Crippen molar-refractivity contribution >= 4 is 28.9 Å². The Hall–Kier alpha value is -1.38. The molecule has 0 heterocycles. The lowest BCUT2D eigenvalue weighted by Gasteiger charge is -2.19. The molecule has 0 fully saturated rings. The van der Waals surface area contributed by atoms with Gasteiger partial charge in [-0.05, 0) is 41.3 Å². The predicted octanol–water partition coefficient (Wildman–Crippen LogP) is 5.78. The zero-order valence-corrected chi connectivity index (χ0v) is 14.6. The van der Waals surface area contributed by atoms with Gasteiger partial charge in [0.1, 0.15) is 12.4 Å². The van der Waals surface area contributed by atoms with E-state index in [4.69, 9.17) is 27.9 Å². The zero-order chi connectivity index (χ0) is 16.2. The van der Waals surface area contributed by atoms with E-state index in [0.717, 1.165) is 11.4 Å². The number of hydrogen-bond donors (Lipinski definition) is 1. The molecule has 2 aromatic rings. The molecule has 4 heteroatoms. The Morgan fingerprint density at radius 3 is 2.23 bits per heavy atom. The normalized spacial score (nSPS) is 11.3. The summed E-state index contributed by atoms with van der Waals surface area (Å²) in [5.41, 5.74) is 2.39. The predicted molar refractivity (Wildman–Crippen MR) is 95.6 cm³/mol. The molecular formula is C18H21Cl2NO.